The number of benzene rings is 1. The lowest BCUT2D eigenvalue weighted by Gasteiger charge is -2.43. The van der Waals surface area contributed by atoms with Crippen LogP contribution in [0.3, 0.4) is 0 Å². The van der Waals surface area contributed by atoms with Crippen LogP contribution in [-0.2, 0) is 6.54 Å². The first kappa shape index (κ1) is 13.0. The molecule has 4 rings (SSSR count). The topological polar surface area (TPSA) is 36.4 Å². The molecule has 108 valence electrons. The van der Waals surface area contributed by atoms with Crippen molar-refractivity contribution in [1.82, 2.24) is 14.8 Å². The second kappa shape index (κ2) is 5.24. The van der Waals surface area contributed by atoms with E-state index in [2.05, 4.69) is 34.1 Å². The quantitative estimate of drug-likeness (QED) is 0.871. The van der Waals surface area contributed by atoms with Crippen molar-refractivity contribution in [2.45, 2.75) is 12.6 Å². The Bertz CT molecular complexity index is 628. The molecule has 0 saturated carbocycles. The molecule has 1 aromatic carbocycles. The van der Waals surface area contributed by atoms with Gasteiger partial charge in [-0.05, 0) is 5.56 Å². The molecule has 0 radical (unpaired) electrons. The summed E-state index contributed by atoms with van der Waals surface area (Å²) in [7, 11) is 0. The first-order chi connectivity index (χ1) is 10.3. The molecule has 0 aliphatic carbocycles. The van der Waals surface area contributed by atoms with Gasteiger partial charge in [-0.3, -0.25) is 9.69 Å². The molecule has 2 atom stereocenters. The summed E-state index contributed by atoms with van der Waals surface area (Å²) in [6.45, 7) is 3.81. The maximum absolute atomic E-state index is 12.3. The first-order valence-electron chi connectivity index (χ1n) is 7.27. The lowest BCUT2D eigenvalue weighted by molar-refractivity contribution is 0.0433. The van der Waals surface area contributed by atoms with E-state index in [1.165, 1.54) is 16.9 Å². The zero-order valence-electron chi connectivity index (χ0n) is 11.7. The number of carbonyl (C=O) groups excluding carboxylic acids is 1. The van der Waals surface area contributed by atoms with Crippen molar-refractivity contribution in [3.05, 3.63) is 52.5 Å². The highest BCUT2D eigenvalue weighted by atomic mass is 32.1. The van der Waals surface area contributed by atoms with E-state index < -0.39 is 0 Å². The molecule has 1 aromatic heterocycles. The van der Waals surface area contributed by atoms with Crippen LogP contribution in [0.5, 0.6) is 0 Å². The lowest BCUT2D eigenvalue weighted by Crippen LogP contribution is -2.54. The Morgan fingerprint density at radius 3 is 2.86 bits per heavy atom. The van der Waals surface area contributed by atoms with E-state index in [-0.39, 0.29) is 5.91 Å². The van der Waals surface area contributed by atoms with Crippen LogP contribution in [0.4, 0.5) is 0 Å². The number of amides is 1. The Morgan fingerprint density at radius 2 is 2.10 bits per heavy atom. The number of carbonyl (C=O) groups is 1. The average molecular weight is 299 g/mol. The van der Waals surface area contributed by atoms with Gasteiger partial charge in [0.25, 0.3) is 5.91 Å². The second-order valence-electron chi connectivity index (χ2n) is 5.83. The van der Waals surface area contributed by atoms with Gasteiger partial charge in [0, 0.05) is 43.5 Å². The number of fused-ring (bicyclic) bond motifs is 1. The van der Waals surface area contributed by atoms with E-state index in [0.29, 0.717) is 17.7 Å². The molecule has 2 fully saturated rings. The van der Waals surface area contributed by atoms with Crippen molar-refractivity contribution in [2.75, 3.05) is 19.6 Å². The van der Waals surface area contributed by atoms with E-state index >= 15 is 0 Å². The van der Waals surface area contributed by atoms with Crippen LogP contribution in [0.25, 0.3) is 0 Å². The van der Waals surface area contributed by atoms with Gasteiger partial charge in [0.05, 0.1) is 5.51 Å². The molecule has 2 unspecified atom stereocenters. The summed E-state index contributed by atoms with van der Waals surface area (Å²) in [5.74, 6) is 0.724. The number of rotatable bonds is 3. The third-order valence-corrected chi connectivity index (χ3v) is 5.10. The molecule has 2 aromatic rings. The smallest absolute Gasteiger partial charge is 0.273 e. The zero-order chi connectivity index (χ0) is 14.2. The Hall–Kier alpha value is -1.72. The first-order valence-corrected chi connectivity index (χ1v) is 8.21. The summed E-state index contributed by atoms with van der Waals surface area (Å²) in [5.41, 5.74) is 3.66. The van der Waals surface area contributed by atoms with E-state index in [1.54, 1.807) is 5.51 Å². The summed E-state index contributed by atoms with van der Waals surface area (Å²) >= 11 is 1.48. The predicted molar refractivity (Wildman–Crippen MR) is 82.1 cm³/mol. The van der Waals surface area contributed by atoms with E-state index in [1.807, 2.05) is 16.3 Å². The number of hydrogen-bond donors (Lipinski definition) is 0. The highest BCUT2D eigenvalue weighted by molar-refractivity contribution is 7.07. The molecule has 2 saturated heterocycles. The summed E-state index contributed by atoms with van der Waals surface area (Å²) in [6, 6.07) is 11.1. The minimum atomic E-state index is 0.0883. The van der Waals surface area contributed by atoms with Crippen LogP contribution in [-0.4, -0.2) is 46.4 Å². The third-order valence-electron chi connectivity index (χ3n) is 4.51. The highest BCUT2D eigenvalue weighted by Crippen LogP contribution is 2.34. The minimum Gasteiger partial charge on any atom is -0.335 e. The molecule has 3 heterocycles. The van der Waals surface area contributed by atoms with Crippen molar-refractivity contribution in [3.8, 4) is 0 Å². The molecular weight excluding hydrogens is 282 g/mol. The summed E-state index contributed by atoms with van der Waals surface area (Å²) < 4.78 is 0. The van der Waals surface area contributed by atoms with Crippen LogP contribution in [0.1, 0.15) is 16.1 Å². The maximum Gasteiger partial charge on any atom is 0.273 e. The minimum absolute atomic E-state index is 0.0883. The number of nitrogens with zero attached hydrogens (tertiary/aromatic N) is 3. The molecule has 21 heavy (non-hydrogen) atoms. The van der Waals surface area contributed by atoms with Crippen LogP contribution in [0, 0.1) is 5.92 Å². The molecular formula is C16H17N3OS. The largest absolute Gasteiger partial charge is 0.335 e. The van der Waals surface area contributed by atoms with Crippen LogP contribution >= 0.6 is 11.3 Å². The number of hydrogen-bond acceptors (Lipinski definition) is 4. The van der Waals surface area contributed by atoms with Crippen molar-refractivity contribution >= 4 is 17.2 Å². The molecule has 2 aliphatic rings. The van der Waals surface area contributed by atoms with Gasteiger partial charge in [0.1, 0.15) is 5.69 Å². The summed E-state index contributed by atoms with van der Waals surface area (Å²) in [5, 5.41) is 1.84. The fourth-order valence-electron chi connectivity index (χ4n) is 3.39. The van der Waals surface area contributed by atoms with Gasteiger partial charge in [-0.15, -0.1) is 11.3 Å². The van der Waals surface area contributed by atoms with Crippen LogP contribution < -0.4 is 0 Å². The second-order valence-corrected chi connectivity index (χ2v) is 6.54. The van der Waals surface area contributed by atoms with Crippen molar-refractivity contribution in [2.24, 2.45) is 5.92 Å². The Kier molecular flexibility index (Phi) is 3.24. The van der Waals surface area contributed by atoms with Gasteiger partial charge >= 0.3 is 0 Å². The van der Waals surface area contributed by atoms with Crippen LogP contribution in [0.2, 0.25) is 0 Å². The Labute approximate surface area is 128 Å². The van der Waals surface area contributed by atoms with Gasteiger partial charge < -0.3 is 4.90 Å². The number of thiazole rings is 1. The van der Waals surface area contributed by atoms with Crippen LogP contribution in [0.15, 0.2) is 41.2 Å². The van der Waals surface area contributed by atoms with Gasteiger partial charge in [0.15, 0.2) is 0 Å². The van der Waals surface area contributed by atoms with Gasteiger partial charge in [0.2, 0.25) is 0 Å². The Balaban J connectivity index is 1.40. The van der Waals surface area contributed by atoms with E-state index in [0.717, 1.165) is 26.2 Å². The van der Waals surface area contributed by atoms with Crippen molar-refractivity contribution in [1.29, 1.82) is 0 Å². The van der Waals surface area contributed by atoms with Crippen molar-refractivity contribution in [3.63, 3.8) is 0 Å². The maximum atomic E-state index is 12.3. The van der Waals surface area contributed by atoms with Gasteiger partial charge in [-0.1, -0.05) is 30.3 Å². The number of likely N-dealkylation sites (tertiary alicyclic amines) is 2. The Morgan fingerprint density at radius 1 is 1.24 bits per heavy atom. The molecule has 5 heteroatoms. The highest BCUT2D eigenvalue weighted by Gasteiger charge is 2.46. The SMILES string of the molecule is O=C(c1cscn1)N1CC2CN(Cc3ccccc3)C2C1. The third kappa shape index (κ3) is 2.36. The summed E-state index contributed by atoms with van der Waals surface area (Å²) in [4.78, 5) is 20.9. The molecule has 2 aliphatic heterocycles. The fourth-order valence-corrected chi connectivity index (χ4v) is 3.92. The molecule has 0 N–H and O–H groups in total. The van der Waals surface area contributed by atoms with E-state index in [9.17, 15) is 4.79 Å². The molecule has 0 spiro atoms. The van der Waals surface area contributed by atoms with Gasteiger partial charge in [-0.25, -0.2) is 4.98 Å². The van der Waals surface area contributed by atoms with E-state index in [4.69, 9.17) is 0 Å². The molecule has 4 nitrogen and oxygen atoms in total. The number of aromatic nitrogens is 1. The summed E-state index contributed by atoms with van der Waals surface area (Å²) in [6.07, 6.45) is 0. The fraction of sp³-hybridized carbons (Fsp3) is 0.375. The lowest BCUT2D eigenvalue weighted by atomic mass is 9.91. The normalized spacial score (nSPS) is 24.7. The monoisotopic (exact) mass is 299 g/mol. The molecule has 1 amide bonds. The average Bonchev–Trinajstić information content (AvgIpc) is 3.13. The predicted octanol–water partition coefficient (Wildman–Crippen LogP) is 2.10. The standard InChI is InChI=1S/C16H17N3OS/c20-16(14-10-21-11-17-14)19-8-13-7-18(15(13)9-19)6-12-4-2-1-3-5-12/h1-5,10-11,13,15H,6-9H2. The van der Waals surface area contributed by atoms with Crippen molar-refractivity contribution < 1.29 is 4.79 Å². The zero-order valence-corrected chi connectivity index (χ0v) is 12.5. The van der Waals surface area contributed by atoms with Gasteiger partial charge in [-0.2, -0.15) is 0 Å². The molecule has 0 bridgehead atoms.